The van der Waals surface area contributed by atoms with Gasteiger partial charge in [0.05, 0.1) is 11.4 Å². The first-order valence-corrected chi connectivity index (χ1v) is 6.45. The average molecular weight is 223 g/mol. The Morgan fingerprint density at radius 1 is 1.40 bits per heavy atom. The third-order valence-corrected chi connectivity index (χ3v) is 4.12. The van der Waals surface area contributed by atoms with Crippen molar-refractivity contribution in [1.82, 2.24) is 4.90 Å². The van der Waals surface area contributed by atoms with Gasteiger partial charge in [0.25, 0.3) is 0 Å². The van der Waals surface area contributed by atoms with Crippen LogP contribution in [0.3, 0.4) is 0 Å². The molecule has 1 fully saturated rings. The van der Waals surface area contributed by atoms with Crippen LogP contribution in [0, 0.1) is 0 Å². The van der Waals surface area contributed by atoms with Gasteiger partial charge in [0.15, 0.2) is 5.78 Å². The summed E-state index contributed by atoms with van der Waals surface area (Å²) in [6.45, 7) is 4.93. The van der Waals surface area contributed by atoms with E-state index in [4.69, 9.17) is 0 Å². The van der Waals surface area contributed by atoms with Crippen molar-refractivity contribution >= 4 is 17.1 Å². The molecule has 0 unspecified atom stereocenters. The zero-order valence-corrected chi connectivity index (χ0v) is 9.98. The first-order chi connectivity index (χ1) is 7.29. The highest BCUT2D eigenvalue weighted by atomic mass is 32.1. The molecule has 2 nitrogen and oxygen atoms in total. The molecule has 1 saturated heterocycles. The highest BCUT2D eigenvalue weighted by molar-refractivity contribution is 7.14. The molecule has 0 N–H and O–H groups in total. The Labute approximate surface area is 94.9 Å². The minimum absolute atomic E-state index is 0.293. The summed E-state index contributed by atoms with van der Waals surface area (Å²) in [5.74, 6) is 0.293. The van der Waals surface area contributed by atoms with Gasteiger partial charge in [-0.2, -0.15) is 0 Å². The van der Waals surface area contributed by atoms with Crippen LogP contribution in [-0.2, 0) is 6.42 Å². The lowest BCUT2D eigenvalue weighted by Crippen LogP contribution is -2.26. The van der Waals surface area contributed by atoms with E-state index in [0.29, 0.717) is 12.3 Å². The van der Waals surface area contributed by atoms with Crippen molar-refractivity contribution in [2.24, 2.45) is 0 Å². The summed E-state index contributed by atoms with van der Waals surface area (Å²) in [6, 6.07) is 4.05. The Morgan fingerprint density at radius 3 is 2.73 bits per heavy atom. The summed E-state index contributed by atoms with van der Waals surface area (Å²) in [4.78, 5) is 16.4. The summed E-state index contributed by atoms with van der Waals surface area (Å²) >= 11 is 1.65. The molecule has 0 aliphatic carbocycles. The Kier molecular flexibility index (Phi) is 3.54. The van der Waals surface area contributed by atoms with E-state index in [1.807, 2.05) is 6.07 Å². The fourth-order valence-electron chi connectivity index (χ4n) is 1.94. The Hall–Kier alpha value is -0.670. The van der Waals surface area contributed by atoms with Crippen LogP contribution in [0.2, 0.25) is 0 Å². The van der Waals surface area contributed by atoms with Crippen LogP contribution >= 0.6 is 11.3 Å². The number of hydrogen-bond donors (Lipinski definition) is 0. The van der Waals surface area contributed by atoms with E-state index in [-0.39, 0.29) is 0 Å². The fraction of sp³-hybridized carbons (Fsp3) is 0.583. The molecule has 82 valence electrons. The Bertz CT molecular complexity index is 339. The van der Waals surface area contributed by atoms with E-state index >= 15 is 0 Å². The highest BCUT2D eigenvalue weighted by Crippen LogP contribution is 2.18. The minimum Gasteiger partial charge on any atom is -0.296 e. The van der Waals surface area contributed by atoms with Gasteiger partial charge in [0.1, 0.15) is 0 Å². The van der Waals surface area contributed by atoms with Gasteiger partial charge in [0.2, 0.25) is 0 Å². The number of thiophene rings is 1. The second-order valence-corrected chi connectivity index (χ2v) is 5.19. The molecule has 15 heavy (non-hydrogen) atoms. The zero-order chi connectivity index (χ0) is 10.7. The summed E-state index contributed by atoms with van der Waals surface area (Å²) in [5, 5.41) is 0. The zero-order valence-electron chi connectivity index (χ0n) is 9.16. The number of Topliss-reactive ketones (excluding diaryl/α,β-unsaturated/α-hetero) is 1. The maximum absolute atomic E-state index is 11.9. The number of hydrogen-bond acceptors (Lipinski definition) is 3. The van der Waals surface area contributed by atoms with Gasteiger partial charge in [-0.15, -0.1) is 11.3 Å². The van der Waals surface area contributed by atoms with Crippen molar-refractivity contribution in [2.75, 3.05) is 19.6 Å². The van der Waals surface area contributed by atoms with Crippen molar-refractivity contribution in [2.45, 2.75) is 26.2 Å². The molecule has 0 radical (unpaired) electrons. The van der Waals surface area contributed by atoms with Crippen LogP contribution < -0.4 is 0 Å². The molecule has 0 atom stereocenters. The minimum atomic E-state index is 0.293. The van der Waals surface area contributed by atoms with Crippen LogP contribution in [0.25, 0.3) is 0 Å². The van der Waals surface area contributed by atoms with Crippen molar-refractivity contribution < 1.29 is 4.79 Å². The lowest BCUT2D eigenvalue weighted by molar-refractivity contribution is 0.0949. The van der Waals surface area contributed by atoms with E-state index in [1.165, 1.54) is 17.7 Å². The Balaban J connectivity index is 1.94. The largest absolute Gasteiger partial charge is 0.296 e. The molecule has 2 rings (SSSR count). The SMILES string of the molecule is CCc1ccc(C(=O)CN2CCCC2)s1. The van der Waals surface area contributed by atoms with Gasteiger partial charge < -0.3 is 0 Å². The number of rotatable bonds is 4. The molecule has 1 aliphatic rings. The molecule has 0 amide bonds. The molecular weight excluding hydrogens is 206 g/mol. The molecule has 1 aromatic rings. The number of nitrogens with zero attached hydrogens (tertiary/aromatic N) is 1. The van der Waals surface area contributed by atoms with Crippen LogP contribution in [0.5, 0.6) is 0 Å². The molecule has 3 heteroatoms. The second-order valence-electron chi connectivity index (χ2n) is 4.03. The first-order valence-electron chi connectivity index (χ1n) is 5.64. The number of carbonyl (C=O) groups is 1. The van der Waals surface area contributed by atoms with Gasteiger partial charge >= 0.3 is 0 Å². The van der Waals surface area contributed by atoms with Gasteiger partial charge in [-0.3, -0.25) is 9.69 Å². The van der Waals surface area contributed by atoms with Crippen molar-refractivity contribution in [3.05, 3.63) is 21.9 Å². The van der Waals surface area contributed by atoms with Gasteiger partial charge in [-0.25, -0.2) is 0 Å². The monoisotopic (exact) mass is 223 g/mol. The second kappa shape index (κ2) is 4.90. The van der Waals surface area contributed by atoms with Crippen LogP contribution in [0.15, 0.2) is 12.1 Å². The molecule has 1 aromatic heterocycles. The maximum Gasteiger partial charge on any atom is 0.186 e. The van der Waals surface area contributed by atoms with E-state index in [2.05, 4.69) is 17.9 Å². The molecule has 0 aromatic carbocycles. The van der Waals surface area contributed by atoms with Gasteiger partial charge in [-0.1, -0.05) is 6.92 Å². The van der Waals surface area contributed by atoms with E-state index < -0.39 is 0 Å². The molecule has 0 spiro atoms. The van der Waals surface area contributed by atoms with Crippen molar-refractivity contribution in [3.8, 4) is 0 Å². The van der Waals surface area contributed by atoms with Gasteiger partial charge in [0, 0.05) is 4.88 Å². The number of carbonyl (C=O) groups excluding carboxylic acids is 1. The highest BCUT2D eigenvalue weighted by Gasteiger charge is 2.17. The summed E-state index contributed by atoms with van der Waals surface area (Å²) in [7, 11) is 0. The Morgan fingerprint density at radius 2 is 2.13 bits per heavy atom. The van der Waals surface area contributed by atoms with Crippen molar-refractivity contribution in [3.63, 3.8) is 0 Å². The standard InChI is InChI=1S/C12H17NOS/c1-2-10-5-6-12(15-10)11(14)9-13-7-3-4-8-13/h5-6H,2-4,7-9H2,1H3. The number of ketones is 1. The van der Waals surface area contributed by atoms with Crippen LogP contribution in [-0.4, -0.2) is 30.3 Å². The lowest BCUT2D eigenvalue weighted by Gasteiger charge is -2.11. The molecule has 2 heterocycles. The summed E-state index contributed by atoms with van der Waals surface area (Å²) in [5.41, 5.74) is 0. The first kappa shape index (κ1) is 10.8. The van der Waals surface area contributed by atoms with Crippen molar-refractivity contribution in [1.29, 1.82) is 0 Å². The van der Waals surface area contributed by atoms with Crippen LogP contribution in [0.4, 0.5) is 0 Å². The summed E-state index contributed by atoms with van der Waals surface area (Å²) < 4.78 is 0. The average Bonchev–Trinajstić information content (AvgIpc) is 2.86. The predicted octanol–water partition coefficient (Wildman–Crippen LogP) is 2.59. The van der Waals surface area contributed by atoms with E-state index in [0.717, 1.165) is 24.4 Å². The van der Waals surface area contributed by atoms with Gasteiger partial charge in [-0.05, 0) is 44.5 Å². The van der Waals surface area contributed by atoms with E-state index in [9.17, 15) is 4.79 Å². The van der Waals surface area contributed by atoms with E-state index in [1.54, 1.807) is 11.3 Å². The third-order valence-electron chi connectivity index (χ3n) is 2.85. The number of likely N-dealkylation sites (tertiary alicyclic amines) is 1. The normalized spacial score (nSPS) is 17.1. The van der Waals surface area contributed by atoms with Crippen LogP contribution in [0.1, 0.15) is 34.3 Å². The molecule has 1 aliphatic heterocycles. The third kappa shape index (κ3) is 2.67. The quantitative estimate of drug-likeness (QED) is 0.731. The topological polar surface area (TPSA) is 20.3 Å². The molecular formula is C12H17NOS. The number of aryl methyl sites for hydroxylation is 1. The molecule has 0 bridgehead atoms. The smallest absolute Gasteiger partial charge is 0.186 e. The maximum atomic E-state index is 11.9. The predicted molar refractivity (Wildman–Crippen MR) is 63.7 cm³/mol. The lowest BCUT2D eigenvalue weighted by atomic mass is 10.3. The molecule has 0 saturated carbocycles. The summed E-state index contributed by atoms with van der Waals surface area (Å²) in [6.07, 6.45) is 3.53. The fourth-order valence-corrected chi connectivity index (χ4v) is 2.82.